The Hall–Kier alpha value is -2.44. The van der Waals surface area contributed by atoms with Crippen molar-refractivity contribution in [1.82, 2.24) is 15.1 Å². The van der Waals surface area contributed by atoms with Crippen LogP contribution in [-0.4, -0.2) is 61.6 Å². The molecule has 1 aromatic rings. The lowest BCUT2D eigenvalue weighted by Crippen LogP contribution is -2.52. The first-order valence-corrected chi connectivity index (χ1v) is 8.69. The standard InChI is InChI=1S/C18H27N3O4/c1-4-17(22)20-8-10-21(11-9-20)18(23)19-13-14-6-7-15(25-5-2)16(12-14)24-3/h6-7,12H,4-5,8-11,13H2,1-3H3,(H,19,23). The highest BCUT2D eigenvalue weighted by Gasteiger charge is 2.23. The molecule has 0 spiro atoms. The van der Waals surface area contributed by atoms with Crippen molar-refractivity contribution >= 4 is 11.9 Å². The number of rotatable bonds is 6. The topological polar surface area (TPSA) is 71.1 Å². The van der Waals surface area contributed by atoms with Gasteiger partial charge in [-0.25, -0.2) is 4.79 Å². The quantitative estimate of drug-likeness (QED) is 0.851. The lowest BCUT2D eigenvalue weighted by Gasteiger charge is -2.34. The van der Waals surface area contributed by atoms with Crippen LogP contribution in [0.4, 0.5) is 4.79 Å². The molecule has 0 aliphatic carbocycles. The van der Waals surface area contributed by atoms with Crippen LogP contribution in [0.25, 0.3) is 0 Å². The smallest absolute Gasteiger partial charge is 0.317 e. The molecule has 7 nitrogen and oxygen atoms in total. The van der Waals surface area contributed by atoms with E-state index in [1.807, 2.05) is 32.0 Å². The van der Waals surface area contributed by atoms with Gasteiger partial charge in [-0.3, -0.25) is 4.79 Å². The molecule has 2 rings (SSSR count). The van der Waals surface area contributed by atoms with Crippen molar-refractivity contribution in [3.63, 3.8) is 0 Å². The largest absolute Gasteiger partial charge is 0.493 e. The number of hydrogen-bond acceptors (Lipinski definition) is 4. The Bertz CT molecular complexity index is 598. The Kier molecular flexibility index (Phi) is 6.91. The van der Waals surface area contributed by atoms with Crippen molar-refractivity contribution < 1.29 is 19.1 Å². The Labute approximate surface area is 148 Å². The second-order valence-electron chi connectivity index (χ2n) is 5.80. The van der Waals surface area contributed by atoms with Crippen molar-refractivity contribution in [2.45, 2.75) is 26.8 Å². The van der Waals surface area contributed by atoms with Crippen molar-refractivity contribution in [3.05, 3.63) is 23.8 Å². The molecule has 1 aliphatic heterocycles. The van der Waals surface area contributed by atoms with Gasteiger partial charge in [0, 0.05) is 39.1 Å². The van der Waals surface area contributed by atoms with Crippen LogP contribution in [0, 0.1) is 0 Å². The molecular formula is C18H27N3O4. The minimum absolute atomic E-state index is 0.114. The fourth-order valence-corrected chi connectivity index (χ4v) is 2.77. The van der Waals surface area contributed by atoms with Gasteiger partial charge in [0.25, 0.3) is 0 Å². The molecule has 138 valence electrons. The van der Waals surface area contributed by atoms with Crippen LogP contribution in [0.5, 0.6) is 11.5 Å². The fraction of sp³-hybridized carbons (Fsp3) is 0.556. The van der Waals surface area contributed by atoms with E-state index in [9.17, 15) is 9.59 Å². The molecule has 0 aromatic heterocycles. The van der Waals surface area contributed by atoms with E-state index in [0.717, 1.165) is 5.56 Å². The molecule has 0 saturated carbocycles. The van der Waals surface area contributed by atoms with Crippen LogP contribution in [0.2, 0.25) is 0 Å². The Morgan fingerprint density at radius 1 is 1.08 bits per heavy atom. The molecule has 3 amide bonds. The lowest BCUT2D eigenvalue weighted by molar-refractivity contribution is -0.132. The molecule has 1 saturated heterocycles. The molecule has 25 heavy (non-hydrogen) atoms. The predicted molar refractivity (Wildman–Crippen MR) is 94.8 cm³/mol. The van der Waals surface area contributed by atoms with E-state index in [1.165, 1.54) is 0 Å². The van der Waals surface area contributed by atoms with Crippen molar-refractivity contribution in [3.8, 4) is 11.5 Å². The summed E-state index contributed by atoms with van der Waals surface area (Å²) in [4.78, 5) is 27.5. The Morgan fingerprint density at radius 3 is 2.36 bits per heavy atom. The maximum absolute atomic E-state index is 12.3. The number of urea groups is 1. The van der Waals surface area contributed by atoms with Gasteiger partial charge in [-0.1, -0.05) is 13.0 Å². The number of nitrogens with one attached hydrogen (secondary N) is 1. The van der Waals surface area contributed by atoms with Crippen LogP contribution < -0.4 is 14.8 Å². The molecule has 1 heterocycles. The Balaban J connectivity index is 1.85. The van der Waals surface area contributed by atoms with E-state index in [-0.39, 0.29) is 11.9 Å². The van der Waals surface area contributed by atoms with Gasteiger partial charge in [-0.15, -0.1) is 0 Å². The highest BCUT2D eigenvalue weighted by Crippen LogP contribution is 2.27. The van der Waals surface area contributed by atoms with Gasteiger partial charge in [0.15, 0.2) is 11.5 Å². The van der Waals surface area contributed by atoms with Crippen LogP contribution in [0.1, 0.15) is 25.8 Å². The zero-order chi connectivity index (χ0) is 18.2. The fourth-order valence-electron chi connectivity index (χ4n) is 2.77. The number of carbonyl (C=O) groups is 2. The maximum atomic E-state index is 12.3. The molecule has 1 fully saturated rings. The molecular weight excluding hydrogens is 322 g/mol. The summed E-state index contributed by atoms with van der Waals surface area (Å²) in [5.41, 5.74) is 0.938. The summed E-state index contributed by atoms with van der Waals surface area (Å²) in [6.07, 6.45) is 0.506. The molecule has 0 atom stereocenters. The zero-order valence-corrected chi connectivity index (χ0v) is 15.2. The lowest BCUT2D eigenvalue weighted by atomic mass is 10.2. The first-order valence-electron chi connectivity index (χ1n) is 8.69. The summed E-state index contributed by atoms with van der Waals surface area (Å²) in [6, 6.07) is 5.50. The molecule has 0 radical (unpaired) electrons. The molecule has 7 heteroatoms. The average Bonchev–Trinajstić information content (AvgIpc) is 2.66. The monoisotopic (exact) mass is 349 g/mol. The second kappa shape index (κ2) is 9.15. The van der Waals surface area contributed by atoms with Crippen LogP contribution in [0.3, 0.4) is 0 Å². The van der Waals surface area contributed by atoms with E-state index in [1.54, 1.807) is 16.9 Å². The first kappa shape index (κ1) is 18.9. The minimum Gasteiger partial charge on any atom is -0.493 e. The molecule has 0 bridgehead atoms. The van der Waals surface area contributed by atoms with Crippen molar-refractivity contribution in [2.75, 3.05) is 39.9 Å². The van der Waals surface area contributed by atoms with Gasteiger partial charge in [-0.2, -0.15) is 0 Å². The normalized spacial score (nSPS) is 14.2. The number of amides is 3. The van der Waals surface area contributed by atoms with Crippen LogP contribution >= 0.6 is 0 Å². The van der Waals surface area contributed by atoms with Crippen LogP contribution in [-0.2, 0) is 11.3 Å². The molecule has 0 unspecified atom stereocenters. The Morgan fingerprint density at radius 2 is 1.76 bits per heavy atom. The zero-order valence-electron chi connectivity index (χ0n) is 15.2. The third-order valence-corrected chi connectivity index (χ3v) is 4.19. The van der Waals surface area contributed by atoms with E-state index >= 15 is 0 Å². The number of benzene rings is 1. The average molecular weight is 349 g/mol. The third-order valence-electron chi connectivity index (χ3n) is 4.19. The number of piperazine rings is 1. The summed E-state index contributed by atoms with van der Waals surface area (Å²) < 4.78 is 10.8. The second-order valence-corrected chi connectivity index (χ2v) is 5.80. The summed E-state index contributed by atoms with van der Waals surface area (Å²) in [5, 5.41) is 2.92. The molecule has 1 aromatic carbocycles. The van der Waals surface area contributed by atoms with Gasteiger partial charge in [-0.05, 0) is 24.6 Å². The van der Waals surface area contributed by atoms with E-state index in [2.05, 4.69) is 5.32 Å². The van der Waals surface area contributed by atoms with E-state index in [0.29, 0.717) is 57.3 Å². The van der Waals surface area contributed by atoms with Crippen LogP contribution in [0.15, 0.2) is 18.2 Å². The van der Waals surface area contributed by atoms with Gasteiger partial charge in [0.2, 0.25) is 5.91 Å². The summed E-state index contributed by atoms with van der Waals surface area (Å²) in [5.74, 6) is 1.48. The minimum atomic E-state index is -0.114. The van der Waals surface area contributed by atoms with Gasteiger partial charge < -0.3 is 24.6 Å². The summed E-state index contributed by atoms with van der Waals surface area (Å²) in [6.45, 7) is 7.06. The van der Waals surface area contributed by atoms with Crippen molar-refractivity contribution in [1.29, 1.82) is 0 Å². The summed E-state index contributed by atoms with van der Waals surface area (Å²) in [7, 11) is 1.59. The molecule has 1 N–H and O–H groups in total. The molecule has 1 aliphatic rings. The van der Waals surface area contributed by atoms with E-state index in [4.69, 9.17) is 9.47 Å². The number of ether oxygens (including phenoxy) is 2. The highest BCUT2D eigenvalue weighted by molar-refractivity contribution is 5.77. The predicted octanol–water partition coefficient (Wildman–Crippen LogP) is 1.86. The van der Waals surface area contributed by atoms with Gasteiger partial charge in [0.1, 0.15) is 0 Å². The maximum Gasteiger partial charge on any atom is 0.317 e. The SMILES string of the molecule is CCOc1ccc(CNC(=O)N2CCN(C(=O)CC)CC2)cc1OC. The highest BCUT2D eigenvalue weighted by atomic mass is 16.5. The summed E-state index contributed by atoms with van der Waals surface area (Å²) >= 11 is 0. The number of hydrogen-bond donors (Lipinski definition) is 1. The first-order chi connectivity index (χ1) is 12.1. The number of nitrogens with zero attached hydrogens (tertiary/aromatic N) is 2. The van der Waals surface area contributed by atoms with E-state index < -0.39 is 0 Å². The number of carbonyl (C=O) groups excluding carboxylic acids is 2. The van der Waals surface area contributed by atoms with Crippen molar-refractivity contribution in [2.24, 2.45) is 0 Å². The number of methoxy groups -OCH3 is 1. The van der Waals surface area contributed by atoms with Gasteiger partial charge >= 0.3 is 6.03 Å². The van der Waals surface area contributed by atoms with Gasteiger partial charge in [0.05, 0.1) is 13.7 Å². The third kappa shape index (κ3) is 5.01.